The third-order valence-corrected chi connectivity index (χ3v) is 5.94. The van der Waals surface area contributed by atoms with Gasteiger partial charge in [-0.3, -0.25) is 4.79 Å². The van der Waals surface area contributed by atoms with Gasteiger partial charge in [0.05, 0.1) is 22.8 Å². The maximum Gasteiger partial charge on any atom is 0.266 e. The van der Waals surface area contributed by atoms with Gasteiger partial charge in [-0.2, -0.15) is 5.26 Å². The minimum absolute atomic E-state index is 0.127. The number of carbonyl (C=O) groups is 1. The first-order valence-corrected chi connectivity index (χ1v) is 11.0. The third-order valence-electron chi connectivity index (χ3n) is 4.43. The molecule has 3 rings (SSSR count). The van der Waals surface area contributed by atoms with Crippen molar-refractivity contribution in [1.29, 1.82) is 5.26 Å². The lowest BCUT2D eigenvalue weighted by atomic mass is 10.1. The highest BCUT2D eigenvalue weighted by atomic mass is 79.9. The van der Waals surface area contributed by atoms with E-state index in [1.807, 2.05) is 6.07 Å². The normalized spacial score (nSPS) is 11.0. The minimum Gasteiger partial charge on any atom is -0.493 e. The summed E-state index contributed by atoms with van der Waals surface area (Å²) in [6.07, 6.45) is 1.40. The van der Waals surface area contributed by atoms with Gasteiger partial charge in [-0.1, -0.05) is 57.3 Å². The number of hydrogen-bond acceptors (Lipinski definition) is 4. The van der Waals surface area contributed by atoms with Crippen LogP contribution in [0.1, 0.15) is 11.1 Å². The van der Waals surface area contributed by atoms with Crippen molar-refractivity contribution in [1.82, 2.24) is 0 Å². The maximum atomic E-state index is 13.4. The molecule has 0 fully saturated rings. The predicted molar refractivity (Wildman–Crippen MR) is 130 cm³/mol. The Morgan fingerprint density at radius 1 is 1.18 bits per heavy atom. The zero-order valence-corrected chi connectivity index (χ0v) is 20.3. The summed E-state index contributed by atoms with van der Waals surface area (Å²) in [6, 6.07) is 16.0. The van der Waals surface area contributed by atoms with E-state index in [-0.39, 0.29) is 33.7 Å². The Labute approximate surface area is 208 Å². The average Bonchev–Trinajstić information content (AvgIpc) is 2.80. The Hall–Kier alpha value is -3.05. The molecule has 1 N–H and O–H groups in total. The van der Waals surface area contributed by atoms with Gasteiger partial charge in [0.25, 0.3) is 5.91 Å². The van der Waals surface area contributed by atoms with E-state index in [9.17, 15) is 14.4 Å². The molecule has 0 saturated heterocycles. The highest BCUT2D eigenvalue weighted by Gasteiger charge is 2.15. The second kappa shape index (κ2) is 11.2. The average molecular weight is 550 g/mol. The molecule has 0 aliphatic heterocycles. The molecule has 0 bridgehead atoms. The highest BCUT2D eigenvalue weighted by Crippen LogP contribution is 2.35. The van der Waals surface area contributed by atoms with Crippen molar-refractivity contribution >= 4 is 56.8 Å². The summed E-state index contributed by atoms with van der Waals surface area (Å²) in [5.41, 5.74) is 1.28. The van der Waals surface area contributed by atoms with Gasteiger partial charge in [0.15, 0.2) is 11.5 Å². The Kier molecular flexibility index (Phi) is 8.34. The van der Waals surface area contributed by atoms with Crippen LogP contribution >= 0.6 is 39.1 Å². The standard InChI is InChI=1S/C24H16BrCl2FN2O3/c1-32-21-10-15(18(25)11-22(21)33-13-14-4-2-5-17(28)8-14)9-16(12-29)24(31)30-20-7-3-6-19(26)23(20)27/h2-11H,13H2,1H3,(H,30,31)/b16-9-. The van der Waals surface area contributed by atoms with Crippen molar-refractivity contribution < 1.29 is 18.7 Å². The number of nitrogens with one attached hydrogen (secondary N) is 1. The molecule has 33 heavy (non-hydrogen) atoms. The summed E-state index contributed by atoms with van der Waals surface area (Å²) in [5, 5.41) is 12.6. The Balaban J connectivity index is 1.84. The number of rotatable bonds is 7. The van der Waals surface area contributed by atoms with Gasteiger partial charge in [0.2, 0.25) is 0 Å². The molecule has 3 aromatic rings. The van der Waals surface area contributed by atoms with Crippen LogP contribution in [0, 0.1) is 17.1 Å². The minimum atomic E-state index is -0.654. The molecule has 3 aromatic carbocycles. The number of hydrogen-bond donors (Lipinski definition) is 1. The van der Waals surface area contributed by atoms with Crippen LogP contribution < -0.4 is 14.8 Å². The van der Waals surface area contributed by atoms with Crippen LogP contribution in [-0.4, -0.2) is 13.0 Å². The van der Waals surface area contributed by atoms with Gasteiger partial charge in [0, 0.05) is 4.47 Å². The molecule has 5 nitrogen and oxygen atoms in total. The number of anilines is 1. The number of methoxy groups -OCH3 is 1. The van der Waals surface area contributed by atoms with Crippen molar-refractivity contribution in [2.24, 2.45) is 0 Å². The molecule has 1 amide bonds. The molecular formula is C24H16BrCl2FN2O3. The lowest BCUT2D eigenvalue weighted by Crippen LogP contribution is -2.13. The summed E-state index contributed by atoms with van der Waals surface area (Å²) in [6.45, 7) is 0.127. The third kappa shape index (κ3) is 6.26. The Bertz CT molecular complexity index is 1280. The first-order chi connectivity index (χ1) is 15.8. The zero-order chi connectivity index (χ0) is 24.0. The number of nitrogens with zero attached hydrogens (tertiary/aromatic N) is 1. The number of nitriles is 1. The van der Waals surface area contributed by atoms with Gasteiger partial charge in [-0.05, 0) is 53.6 Å². The molecule has 0 aliphatic carbocycles. The van der Waals surface area contributed by atoms with Crippen LogP contribution in [0.4, 0.5) is 10.1 Å². The maximum absolute atomic E-state index is 13.4. The van der Waals surface area contributed by atoms with Crippen molar-refractivity contribution in [2.75, 3.05) is 12.4 Å². The number of carbonyl (C=O) groups excluding carboxylic acids is 1. The van der Waals surface area contributed by atoms with E-state index in [1.165, 1.54) is 25.3 Å². The lowest BCUT2D eigenvalue weighted by molar-refractivity contribution is -0.112. The quantitative estimate of drug-likeness (QED) is 0.254. The van der Waals surface area contributed by atoms with Crippen molar-refractivity contribution in [2.45, 2.75) is 6.61 Å². The summed E-state index contributed by atoms with van der Waals surface area (Å²) >= 11 is 15.5. The smallest absolute Gasteiger partial charge is 0.266 e. The first kappa shape index (κ1) is 24.6. The largest absolute Gasteiger partial charge is 0.493 e. The predicted octanol–water partition coefficient (Wildman–Crippen LogP) is 7.03. The number of ether oxygens (including phenoxy) is 2. The van der Waals surface area contributed by atoms with E-state index in [2.05, 4.69) is 21.2 Å². The molecule has 0 spiro atoms. The molecule has 0 aliphatic rings. The Morgan fingerprint density at radius 2 is 1.94 bits per heavy atom. The second-order valence-electron chi connectivity index (χ2n) is 6.67. The fraction of sp³-hybridized carbons (Fsp3) is 0.0833. The SMILES string of the molecule is COc1cc(/C=C(/C#N)C(=O)Nc2cccc(Cl)c2Cl)c(Br)cc1OCc1cccc(F)c1. The molecule has 0 radical (unpaired) electrons. The van der Waals surface area contributed by atoms with Crippen LogP contribution in [0.25, 0.3) is 6.08 Å². The molecule has 0 unspecified atom stereocenters. The van der Waals surface area contributed by atoms with E-state index in [4.69, 9.17) is 32.7 Å². The van der Waals surface area contributed by atoms with Gasteiger partial charge < -0.3 is 14.8 Å². The van der Waals surface area contributed by atoms with Crippen LogP contribution in [0.15, 0.2) is 64.6 Å². The van der Waals surface area contributed by atoms with Gasteiger partial charge >= 0.3 is 0 Å². The van der Waals surface area contributed by atoms with Crippen molar-refractivity contribution in [3.63, 3.8) is 0 Å². The van der Waals surface area contributed by atoms with Crippen LogP contribution in [-0.2, 0) is 11.4 Å². The zero-order valence-electron chi connectivity index (χ0n) is 17.2. The monoisotopic (exact) mass is 548 g/mol. The molecule has 168 valence electrons. The van der Waals surface area contributed by atoms with E-state index in [0.717, 1.165) is 0 Å². The molecule has 9 heteroatoms. The fourth-order valence-electron chi connectivity index (χ4n) is 2.82. The van der Waals surface area contributed by atoms with Crippen molar-refractivity contribution in [3.05, 3.63) is 91.6 Å². The van der Waals surface area contributed by atoms with Crippen LogP contribution in [0.2, 0.25) is 10.0 Å². The van der Waals surface area contributed by atoms with E-state index in [1.54, 1.807) is 42.5 Å². The summed E-state index contributed by atoms with van der Waals surface area (Å²) in [7, 11) is 1.46. The molecule has 0 aromatic heterocycles. The van der Waals surface area contributed by atoms with Crippen LogP contribution in [0.5, 0.6) is 11.5 Å². The Morgan fingerprint density at radius 3 is 2.64 bits per heavy atom. The summed E-state index contributed by atoms with van der Waals surface area (Å²) in [5.74, 6) is -0.235. The first-order valence-electron chi connectivity index (χ1n) is 9.44. The molecule has 0 saturated carbocycles. The highest BCUT2D eigenvalue weighted by molar-refractivity contribution is 9.10. The molecular weight excluding hydrogens is 534 g/mol. The van der Waals surface area contributed by atoms with Crippen LogP contribution in [0.3, 0.4) is 0 Å². The number of benzene rings is 3. The van der Waals surface area contributed by atoms with Gasteiger partial charge in [-0.15, -0.1) is 0 Å². The summed E-state index contributed by atoms with van der Waals surface area (Å²) in [4.78, 5) is 12.6. The van der Waals surface area contributed by atoms with E-state index >= 15 is 0 Å². The molecule has 0 atom stereocenters. The fourth-order valence-corrected chi connectivity index (χ4v) is 3.60. The lowest BCUT2D eigenvalue weighted by Gasteiger charge is -2.13. The molecule has 0 heterocycles. The van der Waals surface area contributed by atoms with E-state index < -0.39 is 5.91 Å². The number of amides is 1. The van der Waals surface area contributed by atoms with Gasteiger partial charge in [-0.25, -0.2) is 4.39 Å². The van der Waals surface area contributed by atoms with Crippen molar-refractivity contribution in [3.8, 4) is 17.6 Å². The summed E-state index contributed by atoms with van der Waals surface area (Å²) < 4.78 is 25.1. The number of halogens is 4. The van der Waals surface area contributed by atoms with E-state index in [0.29, 0.717) is 27.1 Å². The van der Waals surface area contributed by atoms with Gasteiger partial charge in [0.1, 0.15) is 24.1 Å². The second-order valence-corrected chi connectivity index (χ2v) is 8.31. The topological polar surface area (TPSA) is 71.3 Å².